The van der Waals surface area contributed by atoms with E-state index in [1.54, 1.807) is 0 Å². The summed E-state index contributed by atoms with van der Waals surface area (Å²) in [6, 6.07) is 0. The molecule has 1 aliphatic heterocycles. The molecule has 1 saturated carbocycles. The molecule has 3 atom stereocenters. The van der Waals surface area contributed by atoms with E-state index in [0.717, 1.165) is 7.11 Å². The van der Waals surface area contributed by atoms with Crippen LogP contribution in [0.1, 0.15) is 40.0 Å². The fourth-order valence-electron chi connectivity index (χ4n) is 3.27. The van der Waals surface area contributed by atoms with Gasteiger partial charge in [0.25, 0.3) is 5.72 Å². The summed E-state index contributed by atoms with van der Waals surface area (Å²) in [5.74, 6) is -1.24. The average molecular weight is 322 g/mol. The van der Waals surface area contributed by atoms with Crippen LogP contribution in [0.4, 0.5) is 18.0 Å². The molecular weight excluding hydrogens is 301 g/mol. The number of hydrogen-bond acceptors (Lipinski definition) is 4. The van der Waals surface area contributed by atoms with Crippen LogP contribution in [0.25, 0.3) is 0 Å². The second-order valence-corrected chi connectivity index (χ2v) is 6.99. The van der Waals surface area contributed by atoms with Crippen molar-refractivity contribution in [2.24, 2.45) is 22.4 Å². The minimum absolute atomic E-state index is 0.00271. The van der Waals surface area contributed by atoms with Crippen molar-refractivity contribution < 1.29 is 27.8 Å². The molecule has 0 unspecified atom stereocenters. The second kappa shape index (κ2) is 5.11. The average Bonchev–Trinajstić information content (AvgIpc) is 2.71. The monoisotopic (exact) mass is 322 g/mol. The molecule has 1 amide bonds. The van der Waals surface area contributed by atoms with Crippen LogP contribution in [0.5, 0.6) is 0 Å². The van der Waals surface area contributed by atoms with Crippen molar-refractivity contribution in [2.45, 2.75) is 51.9 Å². The number of ether oxygens (including phenoxy) is 1. The van der Waals surface area contributed by atoms with Gasteiger partial charge in [-0.3, -0.25) is 0 Å². The first-order valence-electron chi connectivity index (χ1n) is 7.17. The lowest BCUT2D eigenvalue weighted by Crippen LogP contribution is -2.62. The van der Waals surface area contributed by atoms with Gasteiger partial charge in [-0.05, 0) is 30.6 Å². The normalized spacial score (nSPS) is 32.5. The number of carbonyl (C=O) groups is 1. The van der Waals surface area contributed by atoms with Crippen molar-refractivity contribution in [1.82, 2.24) is 5.01 Å². The predicted molar refractivity (Wildman–Crippen MR) is 73.0 cm³/mol. The molecule has 1 fully saturated rings. The zero-order chi connectivity index (χ0) is 16.9. The van der Waals surface area contributed by atoms with E-state index in [0.29, 0.717) is 12.8 Å². The highest BCUT2D eigenvalue weighted by Crippen LogP contribution is 2.51. The smallest absolute Gasteiger partial charge is 0.439 e. The molecule has 8 heteroatoms. The molecular formula is C14H21F3N2O3. The molecule has 2 aliphatic rings. The Morgan fingerprint density at radius 1 is 1.41 bits per heavy atom. The summed E-state index contributed by atoms with van der Waals surface area (Å²) in [4.78, 5) is 11.6. The van der Waals surface area contributed by atoms with Crippen molar-refractivity contribution in [3.05, 3.63) is 0 Å². The summed E-state index contributed by atoms with van der Waals surface area (Å²) in [5, 5.41) is 14.1. The lowest BCUT2D eigenvalue weighted by Gasteiger charge is -2.42. The molecule has 2 rings (SSSR count). The van der Waals surface area contributed by atoms with E-state index in [9.17, 15) is 23.1 Å². The van der Waals surface area contributed by atoms with Crippen LogP contribution in [0.15, 0.2) is 5.10 Å². The van der Waals surface area contributed by atoms with Gasteiger partial charge in [0.2, 0.25) is 0 Å². The molecule has 1 heterocycles. The van der Waals surface area contributed by atoms with Gasteiger partial charge in [0, 0.05) is 5.71 Å². The highest BCUT2D eigenvalue weighted by atomic mass is 19.4. The van der Waals surface area contributed by atoms with Crippen LogP contribution in [0.2, 0.25) is 0 Å². The van der Waals surface area contributed by atoms with E-state index in [1.165, 1.54) is 0 Å². The number of methoxy groups -OCH3 is 1. The van der Waals surface area contributed by atoms with Crippen LogP contribution in [-0.4, -0.2) is 40.9 Å². The summed E-state index contributed by atoms with van der Waals surface area (Å²) in [6.07, 6.45) is -5.18. The maximum absolute atomic E-state index is 13.5. The third-order valence-electron chi connectivity index (χ3n) is 4.70. The summed E-state index contributed by atoms with van der Waals surface area (Å²) >= 11 is 0. The number of fused-ring (bicyclic) bond motifs is 1. The Kier molecular flexibility index (Phi) is 3.96. The fourth-order valence-corrected chi connectivity index (χ4v) is 3.27. The third-order valence-corrected chi connectivity index (χ3v) is 4.70. The van der Waals surface area contributed by atoms with Crippen molar-refractivity contribution in [1.29, 1.82) is 0 Å². The van der Waals surface area contributed by atoms with Crippen molar-refractivity contribution in [2.75, 3.05) is 7.11 Å². The van der Waals surface area contributed by atoms with E-state index in [2.05, 4.69) is 9.84 Å². The van der Waals surface area contributed by atoms with Gasteiger partial charge in [0.1, 0.15) is 0 Å². The molecule has 0 saturated heterocycles. The molecule has 0 aromatic carbocycles. The molecule has 0 bridgehead atoms. The molecule has 5 nitrogen and oxygen atoms in total. The summed E-state index contributed by atoms with van der Waals surface area (Å²) in [5.41, 5.74) is -3.30. The number of nitrogens with zero attached hydrogens (tertiary/aromatic N) is 2. The number of aliphatic hydroxyl groups is 1. The van der Waals surface area contributed by atoms with Crippen LogP contribution >= 0.6 is 0 Å². The molecule has 0 spiro atoms. The van der Waals surface area contributed by atoms with Gasteiger partial charge in [-0.15, -0.1) is 0 Å². The van der Waals surface area contributed by atoms with E-state index >= 15 is 0 Å². The lowest BCUT2D eigenvalue weighted by molar-refractivity contribution is -0.316. The zero-order valence-electron chi connectivity index (χ0n) is 13.1. The van der Waals surface area contributed by atoms with Gasteiger partial charge in [-0.25, -0.2) is 4.79 Å². The molecule has 0 aromatic rings. The van der Waals surface area contributed by atoms with Gasteiger partial charge in [0.15, 0.2) is 0 Å². The van der Waals surface area contributed by atoms with E-state index < -0.39 is 23.9 Å². The highest BCUT2D eigenvalue weighted by molar-refractivity contribution is 5.92. The SMILES string of the molecule is COC(=O)N1N=C2CC[C@H](C(C)(C)C)C[C@H]2[C@@]1(O)C(F)(F)F. The molecule has 0 aromatic heterocycles. The topological polar surface area (TPSA) is 62.1 Å². The number of carbonyl (C=O) groups excluding carboxylic acids is 1. The van der Waals surface area contributed by atoms with Crippen molar-refractivity contribution >= 4 is 11.8 Å². The quantitative estimate of drug-likeness (QED) is 0.745. The van der Waals surface area contributed by atoms with Crippen LogP contribution in [0, 0.1) is 17.3 Å². The second-order valence-electron chi connectivity index (χ2n) is 6.99. The molecule has 1 aliphatic carbocycles. The fraction of sp³-hybridized carbons (Fsp3) is 0.857. The van der Waals surface area contributed by atoms with Gasteiger partial charge in [0.05, 0.1) is 13.0 Å². The number of halogens is 3. The van der Waals surface area contributed by atoms with Gasteiger partial charge in [-0.2, -0.15) is 23.3 Å². The number of hydrazone groups is 1. The van der Waals surface area contributed by atoms with Crippen molar-refractivity contribution in [3.63, 3.8) is 0 Å². The Labute approximate surface area is 127 Å². The molecule has 0 radical (unpaired) electrons. The molecule has 22 heavy (non-hydrogen) atoms. The minimum atomic E-state index is -5.02. The first kappa shape index (κ1) is 17.1. The standard InChI is InChI=1S/C14H21F3N2O3/c1-12(2,3)8-5-6-10-9(7-8)13(21,14(15,16)17)19(18-10)11(20)22-4/h8-9,21H,5-7H2,1-4H3/t8-,9+,13+/m0/s1. The van der Waals surface area contributed by atoms with E-state index in [1.807, 2.05) is 20.8 Å². The number of rotatable bonds is 0. The third kappa shape index (κ3) is 2.47. The number of amides is 1. The minimum Gasteiger partial charge on any atom is -0.451 e. The number of hydrogen-bond donors (Lipinski definition) is 1. The molecule has 126 valence electrons. The first-order chi connectivity index (χ1) is 9.92. The lowest BCUT2D eigenvalue weighted by atomic mass is 9.66. The van der Waals surface area contributed by atoms with Crippen LogP contribution in [0.3, 0.4) is 0 Å². The summed E-state index contributed by atoms with van der Waals surface area (Å²) < 4.78 is 44.9. The van der Waals surface area contributed by atoms with Gasteiger partial charge >= 0.3 is 12.3 Å². The van der Waals surface area contributed by atoms with Crippen molar-refractivity contribution in [3.8, 4) is 0 Å². The van der Waals surface area contributed by atoms with E-state index in [4.69, 9.17) is 0 Å². The Morgan fingerprint density at radius 3 is 2.45 bits per heavy atom. The predicted octanol–water partition coefficient (Wildman–Crippen LogP) is 3.14. The Bertz CT molecular complexity index is 499. The van der Waals surface area contributed by atoms with Gasteiger partial charge in [-0.1, -0.05) is 20.8 Å². The van der Waals surface area contributed by atoms with Gasteiger partial charge < -0.3 is 9.84 Å². The summed E-state index contributed by atoms with van der Waals surface area (Å²) in [7, 11) is 0.958. The highest BCUT2D eigenvalue weighted by Gasteiger charge is 2.69. The molecule has 1 N–H and O–H groups in total. The maximum atomic E-state index is 13.5. The Morgan fingerprint density at radius 2 is 2.00 bits per heavy atom. The zero-order valence-corrected chi connectivity index (χ0v) is 13.1. The Balaban J connectivity index is 2.42. The Hall–Kier alpha value is -1.31. The first-order valence-corrected chi connectivity index (χ1v) is 7.17. The number of alkyl halides is 3. The summed E-state index contributed by atoms with van der Waals surface area (Å²) in [6.45, 7) is 5.87. The van der Waals surface area contributed by atoms with Crippen LogP contribution < -0.4 is 0 Å². The maximum Gasteiger partial charge on any atom is 0.439 e. The largest absolute Gasteiger partial charge is 0.451 e. The van der Waals surface area contributed by atoms with Crippen LogP contribution in [-0.2, 0) is 4.74 Å². The van der Waals surface area contributed by atoms with E-state index in [-0.39, 0.29) is 28.5 Å².